The van der Waals surface area contributed by atoms with E-state index in [2.05, 4.69) is 11.4 Å². The summed E-state index contributed by atoms with van der Waals surface area (Å²) in [4.78, 5) is 12.0. The summed E-state index contributed by atoms with van der Waals surface area (Å²) in [6, 6.07) is 5.44. The van der Waals surface area contributed by atoms with Crippen LogP contribution in [0.5, 0.6) is 0 Å². The molecule has 3 aliphatic rings. The number of halogens is 1. The van der Waals surface area contributed by atoms with Crippen LogP contribution in [0.3, 0.4) is 0 Å². The van der Waals surface area contributed by atoms with Crippen LogP contribution in [0, 0.1) is 5.92 Å². The number of allylic oxidation sites excluding steroid dienone is 1. The quantitative estimate of drug-likeness (QED) is 0.762. The zero-order valence-electron chi connectivity index (χ0n) is 16.0. The molecule has 0 radical (unpaired) electrons. The smallest absolute Gasteiger partial charge is 0.338 e. The van der Waals surface area contributed by atoms with Crippen LogP contribution in [0.1, 0.15) is 41.7 Å². The van der Waals surface area contributed by atoms with Gasteiger partial charge in [0.1, 0.15) is 11.5 Å². The molecule has 0 bridgehead atoms. The van der Waals surface area contributed by atoms with Gasteiger partial charge in [0, 0.05) is 22.6 Å². The molecule has 5 nitrogen and oxygen atoms in total. The molecule has 0 spiro atoms. The van der Waals surface area contributed by atoms with Crippen molar-refractivity contribution in [3.8, 4) is 0 Å². The summed E-state index contributed by atoms with van der Waals surface area (Å²) < 4.78 is 16.6. The van der Waals surface area contributed by atoms with Crippen molar-refractivity contribution in [2.24, 2.45) is 5.92 Å². The maximum absolute atomic E-state index is 12.0. The molecule has 1 aromatic carbocycles. The molecule has 0 aromatic heterocycles. The van der Waals surface area contributed by atoms with Crippen LogP contribution < -0.4 is 5.32 Å². The summed E-state index contributed by atoms with van der Waals surface area (Å²) in [5, 5.41) is 4.26. The van der Waals surface area contributed by atoms with Crippen LogP contribution >= 0.6 is 11.6 Å². The zero-order chi connectivity index (χ0) is 19.7. The van der Waals surface area contributed by atoms with Crippen molar-refractivity contribution in [1.82, 2.24) is 5.32 Å². The fourth-order valence-corrected chi connectivity index (χ4v) is 4.46. The fourth-order valence-electron chi connectivity index (χ4n) is 4.16. The van der Waals surface area contributed by atoms with Crippen molar-refractivity contribution in [1.29, 1.82) is 0 Å². The van der Waals surface area contributed by atoms with E-state index in [0.717, 1.165) is 42.1 Å². The van der Waals surface area contributed by atoms with Crippen molar-refractivity contribution in [3.05, 3.63) is 69.7 Å². The number of benzene rings is 1. The van der Waals surface area contributed by atoms with Gasteiger partial charge in [0.15, 0.2) is 0 Å². The largest absolute Gasteiger partial charge is 0.497 e. The normalized spacial score (nSPS) is 26.0. The number of methoxy groups -OCH3 is 1. The van der Waals surface area contributed by atoms with Gasteiger partial charge in [-0.3, -0.25) is 5.32 Å². The Balaban J connectivity index is 1.70. The Morgan fingerprint density at radius 1 is 1.39 bits per heavy atom. The van der Waals surface area contributed by atoms with Gasteiger partial charge in [-0.25, -0.2) is 4.79 Å². The third kappa shape index (κ3) is 3.45. The van der Waals surface area contributed by atoms with Gasteiger partial charge in [0.25, 0.3) is 0 Å². The van der Waals surface area contributed by atoms with Crippen LogP contribution in [0.2, 0.25) is 5.02 Å². The number of ether oxygens (including phenoxy) is 3. The molecule has 1 fully saturated rings. The Morgan fingerprint density at radius 2 is 2.25 bits per heavy atom. The van der Waals surface area contributed by atoms with E-state index in [1.165, 1.54) is 0 Å². The number of esters is 1. The zero-order valence-corrected chi connectivity index (χ0v) is 16.8. The molecule has 148 valence electrons. The van der Waals surface area contributed by atoms with Crippen molar-refractivity contribution in [2.45, 2.75) is 31.8 Å². The summed E-state index contributed by atoms with van der Waals surface area (Å²) >= 11 is 6.60. The van der Waals surface area contributed by atoms with Crippen molar-refractivity contribution < 1.29 is 19.0 Å². The Kier molecular flexibility index (Phi) is 5.47. The molecule has 2 aliphatic heterocycles. The molecule has 28 heavy (non-hydrogen) atoms. The minimum atomic E-state index is -0.358. The predicted octanol–water partition coefficient (Wildman–Crippen LogP) is 4.31. The van der Waals surface area contributed by atoms with Crippen LogP contribution in [0.15, 0.2) is 53.5 Å². The number of fused-ring (bicyclic) bond motifs is 2. The Labute approximate surface area is 170 Å². The highest BCUT2D eigenvalue weighted by Crippen LogP contribution is 2.44. The van der Waals surface area contributed by atoms with Gasteiger partial charge in [0.2, 0.25) is 0 Å². The fraction of sp³-hybridized carbons (Fsp3) is 0.409. The number of hydrogen-bond donors (Lipinski definition) is 1. The van der Waals surface area contributed by atoms with Crippen LogP contribution in [0.4, 0.5) is 0 Å². The average molecular weight is 402 g/mol. The van der Waals surface area contributed by atoms with Crippen molar-refractivity contribution >= 4 is 17.6 Å². The molecule has 4 rings (SSSR count). The summed E-state index contributed by atoms with van der Waals surface area (Å²) in [5.74, 6) is 1.67. The Hall–Kier alpha value is -2.24. The summed E-state index contributed by atoms with van der Waals surface area (Å²) in [7, 11) is 1.67. The predicted molar refractivity (Wildman–Crippen MR) is 107 cm³/mol. The van der Waals surface area contributed by atoms with Gasteiger partial charge < -0.3 is 14.2 Å². The van der Waals surface area contributed by atoms with Crippen LogP contribution in [0.25, 0.3) is 0 Å². The number of nitrogens with one attached hydrogen (secondary N) is 1. The summed E-state index contributed by atoms with van der Waals surface area (Å²) in [6.45, 7) is 2.85. The highest BCUT2D eigenvalue weighted by molar-refractivity contribution is 6.31. The number of carbonyl (C=O) groups excluding carboxylic acids is 1. The molecular formula is C22H24ClNO4. The lowest BCUT2D eigenvalue weighted by atomic mass is 9.78. The summed E-state index contributed by atoms with van der Waals surface area (Å²) in [6.07, 6.45) is 8.11. The Morgan fingerprint density at radius 3 is 3.00 bits per heavy atom. The van der Waals surface area contributed by atoms with Crippen molar-refractivity contribution in [3.63, 3.8) is 0 Å². The molecule has 1 unspecified atom stereocenters. The molecule has 0 saturated carbocycles. The maximum atomic E-state index is 12.0. The maximum Gasteiger partial charge on any atom is 0.338 e. The number of rotatable bonds is 4. The van der Waals surface area contributed by atoms with E-state index in [0.29, 0.717) is 17.2 Å². The third-order valence-electron chi connectivity index (χ3n) is 5.47. The van der Waals surface area contributed by atoms with Gasteiger partial charge in [-0.1, -0.05) is 23.7 Å². The minimum absolute atomic E-state index is 0.00920. The second-order valence-electron chi connectivity index (χ2n) is 7.11. The Bertz CT molecular complexity index is 873. The molecule has 1 aliphatic carbocycles. The van der Waals surface area contributed by atoms with E-state index in [1.807, 2.05) is 18.2 Å². The van der Waals surface area contributed by atoms with Gasteiger partial charge in [-0.2, -0.15) is 0 Å². The second kappa shape index (κ2) is 8.02. The molecule has 6 heteroatoms. The standard InChI is InChI=1S/C22H24ClNO4/c1-3-27-22(25)13-6-8-15(18(23)11-13)20-16-5-4-10-28-21(16)17-12-14(26-2)7-9-19(17)24-20/h6-9,11-12,16,19-20,24H,3-5,10H2,1-2H3/t16-,19?,20-/m1/s1. The first-order valence-corrected chi connectivity index (χ1v) is 10.0. The van der Waals surface area contributed by atoms with Crippen LogP contribution in [-0.4, -0.2) is 32.3 Å². The molecule has 0 amide bonds. The molecule has 3 atom stereocenters. The first-order valence-electron chi connectivity index (χ1n) is 9.65. The summed E-state index contributed by atoms with van der Waals surface area (Å²) in [5.41, 5.74) is 2.56. The first kappa shape index (κ1) is 19.1. The third-order valence-corrected chi connectivity index (χ3v) is 5.80. The number of hydrogen-bond acceptors (Lipinski definition) is 5. The molecule has 2 heterocycles. The van der Waals surface area contributed by atoms with E-state index >= 15 is 0 Å². The lowest BCUT2D eigenvalue weighted by Crippen LogP contribution is -2.45. The SMILES string of the molecule is CCOC(=O)c1ccc([C@H]2NC3C=CC(OC)=CC3=C3OCCC[C@@H]32)c(Cl)c1. The lowest BCUT2D eigenvalue weighted by Gasteiger charge is -2.42. The molecule has 1 saturated heterocycles. The lowest BCUT2D eigenvalue weighted by molar-refractivity contribution is 0.0526. The second-order valence-corrected chi connectivity index (χ2v) is 7.51. The first-order chi connectivity index (χ1) is 13.6. The van der Waals surface area contributed by atoms with Crippen molar-refractivity contribution in [2.75, 3.05) is 20.3 Å². The van der Waals surface area contributed by atoms with Crippen LogP contribution in [-0.2, 0) is 14.2 Å². The van der Waals surface area contributed by atoms with E-state index in [1.54, 1.807) is 26.2 Å². The van der Waals surface area contributed by atoms with E-state index < -0.39 is 0 Å². The number of carbonyl (C=O) groups is 1. The molecular weight excluding hydrogens is 378 g/mol. The molecule has 1 aromatic rings. The van der Waals surface area contributed by atoms with Gasteiger partial charge in [-0.15, -0.1) is 0 Å². The van der Waals surface area contributed by atoms with Gasteiger partial charge in [0.05, 0.1) is 31.9 Å². The highest BCUT2D eigenvalue weighted by Gasteiger charge is 2.40. The topological polar surface area (TPSA) is 56.8 Å². The van der Waals surface area contributed by atoms with E-state index in [-0.39, 0.29) is 24.0 Å². The minimum Gasteiger partial charge on any atom is -0.497 e. The van der Waals surface area contributed by atoms with E-state index in [4.69, 9.17) is 25.8 Å². The highest BCUT2D eigenvalue weighted by atomic mass is 35.5. The molecule has 1 N–H and O–H groups in total. The average Bonchev–Trinajstić information content (AvgIpc) is 2.73. The van der Waals surface area contributed by atoms with Gasteiger partial charge >= 0.3 is 5.97 Å². The van der Waals surface area contributed by atoms with E-state index in [9.17, 15) is 4.79 Å². The monoisotopic (exact) mass is 401 g/mol. The van der Waals surface area contributed by atoms with Gasteiger partial charge in [-0.05, 0) is 49.6 Å².